The van der Waals surface area contributed by atoms with Gasteiger partial charge in [-0.2, -0.15) is 0 Å². The fourth-order valence-corrected chi connectivity index (χ4v) is 4.08. The molecule has 3 aromatic carbocycles. The molecule has 0 bridgehead atoms. The van der Waals surface area contributed by atoms with Crippen LogP contribution in [0.25, 0.3) is 10.8 Å². The second-order valence-electron chi connectivity index (χ2n) is 8.47. The molecule has 3 nitrogen and oxygen atoms in total. The van der Waals surface area contributed by atoms with Crippen LogP contribution in [0.4, 0.5) is 5.69 Å². The fourth-order valence-electron chi connectivity index (χ4n) is 4.08. The molecule has 3 heteroatoms. The van der Waals surface area contributed by atoms with Crippen LogP contribution in [0.15, 0.2) is 89.1 Å². The van der Waals surface area contributed by atoms with Gasteiger partial charge in [0.15, 0.2) is 5.78 Å². The van der Waals surface area contributed by atoms with Crippen molar-refractivity contribution in [2.24, 2.45) is 10.4 Å². The van der Waals surface area contributed by atoms with Gasteiger partial charge in [0.05, 0.1) is 17.0 Å². The molecule has 1 aliphatic rings. The van der Waals surface area contributed by atoms with Crippen LogP contribution in [0.5, 0.6) is 0 Å². The lowest BCUT2D eigenvalue weighted by atomic mass is 9.73. The Kier molecular flexibility index (Phi) is 5.06. The monoisotopic (exact) mass is 383 g/mol. The van der Waals surface area contributed by atoms with Crippen LogP contribution < -0.4 is 0 Å². The Labute approximate surface area is 171 Å². The summed E-state index contributed by atoms with van der Waals surface area (Å²) in [6, 6.07) is 23.8. The van der Waals surface area contributed by atoms with Gasteiger partial charge in [-0.15, -0.1) is 0 Å². The molecule has 146 valence electrons. The van der Waals surface area contributed by atoms with Gasteiger partial charge in [-0.25, -0.2) is 0 Å². The van der Waals surface area contributed by atoms with Crippen LogP contribution in [0.1, 0.15) is 32.3 Å². The molecule has 1 fully saturated rings. The Morgan fingerprint density at radius 2 is 1.62 bits per heavy atom. The lowest BCUT2D eigenvalue weighted by Gasteiger charge is -2.31. The molecule has 29 heavy (non-hydrogen) atoms. The Morgan fingerprint density at radius 3 is 2.41 bits per heavy atom. The SMILES string of the molecule is CC1(C)CC(=O)C(=C(O)Cc2cccc3ccccc23)C(=Nc2ccccc2)C1. The third-order valence-corrected chi connectivity index (χ3v) is 5.40. The van der Waals surface area contributed by atoms with Crippen LogP contribution in [0, 0.1) is 5.41 Å². The van der Waals surface area contributed by atoms with Crippen LogP contribution >= 0.6 is 0 Å². The van der Waals surface area contributed by atoms with Crippen LogP contribution in [-0.2, 0) is 11.2 Å². The number of Topliss-reactive ketones (excluding diaryl/α,β-unsaturated/α-hetero) is 1. The molecule has 0 heterocycles. The van der Waals surface area contributed by atoms with Crippen molar-refractivity contribution >= 4 is 28.0 Å². The topological polar surface area (TPSA) is 49.7 Å². The van der Waals surface area contributed by atoms with Gasteiger partial charge in [0.2, 0.25) is 0 Å². The zero-order valence-electron chi connectivity index (χ0n) is 16.9. The minimum Gasteiger partial charge on any atom is -0.511 e. The van der Waals surface area contributed by atoms with Gasteiger partial charge in [0.1, 0.15) is 5.76 Å². The first kappa shape index (κ1) is 19.1. The first-order valence-corrected chi connectivity index (χ1v) is 9.98. The van der Waals surface area contributed by atoms with Crippen molar-refractivity contribution in [2.75, 3.05) is 0 Å². The van der Waals surface area contributed by atoms with Crippen LogP contribution in [-0.4, -0.2) is 16.6 Å². The fraction of sp³-hybridized carbons (Fsp3) is 0.231. The van der Waals surface area contributed by atoms with Gasteiger partial charge in [-0.05, 0) is 40.3 Å². The van der Waals surface area contributed by atoms with Crippen molar-refractivity contribution in [1.82, 2.24) is 0 Å². The molecule has 0 saturated heterocycles. The molecule has 1 aliphatic carbocycles. The van der Waals surface area contributed by atoms with Crippen molar-refractivity contribution in [3.05, 3.63) is 89.7 Å². The minimum atomic E-state index is -0.173. The molecule has 0 aromatic heterocycles. The summed E-state index contributed by atoms with van der Waals surface area (Å²) < 4.78 is 0. The molecular weight excluding hydrogens is 358 g/mol. The number of rotatable bonds is 3. The van der Waals surface area contributed by atoms with Gasteiger partial charge in [-0.1, -0.05) is 74.5 Å². The summed E-state index contributed by atoms with van der Waals surface area (Å²) in [6.45, 7) is 4.15. The third-order valence-electron chi connectivity index (χ3n) is 5.40. The molecular formula is C26H25NO2. The highest BCUT2D eigenvalue weighted by atomic mass is 16.3. The summed E-state index contributed by atoms with van der Waals surface area (Å²) in [5, 5.41) is 13.3. The Hall–Kier alpha value is -3.20. The number of para-hydroxylation sites is 1. The van der Waals surface area contributed by atoms with Crippen LogP contribution in [0.3, 0.4) is 0 Å². The number of ketones is 1. The maximum absolute atomic E-state index is 13.0. The van der Waals surface area contributed by atoms with E-state index in [1.165, 1.54) is 0 Å². The number of fused-ring (bicyclic) bond motifs is 1. The van der Waals surface area contributed by atoms with Crippen molar-refractivity contribution in [3.8, 4) is 0 Å². The van der Waals surface area contributed by atoms with E-state index in [-0.39, 0.29) is 17.0 Å². The predicted octanol–water partition coefficient (Wildman–Crippen LogP) is 6.36. The summed E-state index contributed by atoms with van der Waals surface area (Å²) in [6.07, 6.45) is 1.38. The highest BCUT2D eigenvalue weighted by Gasteiger charge is 2.36. The summed E-state index contributed by atoms with van der Waals surface area (Å²) >= 11 is 0. The number of aliphatic hydroxyl groups is 1. The van der Waals surface area contributed by atoms with E-state index < -0.39 is 0 Å². The number of aliphatic imine (C=N–C) groups is 1. The molecule has 0 aliphatic heterocycles. The average molecular weight is 383 g/mol. The normalized spacial score (nSPS) is 19.5. The molecule has 0 atom stereocenters. The quantitative estimate of drug-likeness (QED) is 0.423. The molecule has 4 rings (SSSR count). The molecule has 3 aromatic rings. The molecule has 0 amide bonds. The molecule has 1 saturated carbocycles. The maximum Gasteiger partial charge on any atom is 0.168 e. The number of benzene rings is 3. The highest BCUT2D eigenvalue weighted by Crippen LogP contribution is 2.37. The van der Waals surface area contributed by atoms with Crippen LogP contribution in [0.2, 0.25) is 0 Å². The molecule has 0 spiro atoms. The number of hydrogen-bond acceptors (Lipinski definition) is 3. The second-order valence-corrected chi connectivity index (χ2v) is 8.47. The van der Waals surface area contributed by atoms with Crippen molar-refractivity contribution in [3.63, 3.8) is 0 Å². The number of carbonyl (C=O) groups is 1. The largest absolute Gasteiger partial charge is 0.511 e. The zero-order valence-corrected chi connectivity index (χ0v) is 16.9. The standard InChI is InChI=1S/C26H25NO2/c1-26(2)16-22(27-20-12-4-3-5-13-20)25(24(29)17-26)23(28)15-19-11-8-10-18-9-6-7-14-21(18)19/h3-14,28H,15-17H2,1-2H3. The lowest BCUT2D eigenvalue weighted by molar-refractivity contribution is -0.117. The Morgan fingerprint density at radius 1 is 0.931 bits per heavy atom. The van der Waals surface area contributed by atoms with E-state index in [0.29, 0.717) is 30.5 Å². The summed E-state index contributed by atoms with van der Waals surface area (Å²) in [5.74, 6) is 0.0743. The predicted molar refractivity (Wildman–Crippen MR) is 119 cm³/mol. The minimum absolute atomic E-state index is 0.0336. The zero-order chi connectivity index (χ0) is 20.4. The van der Waals surface area contributed by atoms with Gasteiger partial charge in [0, 0.05) is 12.8 Å². The van der Waals surface area contributed by atoms with E-state index >= 15 is 0 Å². The second kappa shape index (κ2) is 7.67. The number of nitrogens with zero attached hydrogens (tertiary/aromatic N) is 1. The number of hydrogen-bond donors (Lipinski definition) is 1. The molecule has 0 radical (unpaired) electrons. The van der Waals surface area contributed by atoms with Crippen molar-refractivity contribution in [2.45, 2.75) is 33.1 Å². The highest BCUT2D eigenvalue weighted by molar-refractivity contribution is 6.25. The van der Waals surface area contributed by atoms with E-state index in [9.17, 15) is 9.90 Å². The number of aliphatic hydroxyl groups excluding tert-OH is 1. The van der Waals surface area contributed by atoms with Crippen molar-refractivity contribution in [1.29, 1.82) is 0 Å². The smallest absolute Gasteiger partial charge is 0.168 e. The first-order chi connectivity index (χ1) is 13.9. The summed E-state index contributed by atoms with van der Waals surface area (Å²) in [4.78, 5) is 17.8. The third kappa shape index (κ3) is 4.14. The van der Waals surface area contributed by atoms with E-state index in [2.05, 4.69) is 26.0 Å². The summed E-state index contributed by atoms with van der Waals surface area (Å²) in [5.41, 5.74) is 2.69. The van der Waals surface area contributed by atoms with Gasteiger partial charge < -0.3 is 5.11 Å². The Bertz CT molecular complexity index is 1120. The summed E-state index contributed by atoms with van der Waals surface area (Å²) in [7, 11) is 0. The molecule has 1 N–H and O–H groups in total. The van der Waals surface area contributed by atoms with E-state index in [4.69, 9.17) is 4.99 Å². The van der Waals surface area contributed by atoms with Gasteiger partial charge in [-0.3, -0.25) is 9.79 Å². The first-order valence-electron chi connectivity index (χ1n) is 9.98. The molecule has 0 unspecified atom stereocenters. The maximum atomic E-state index is 13.0. The Balaban J connectivity index is 1.79. The van der Waals surface area contributed by atoms with E-state index in [0.717, 1.165) is 22.0 Å². The van der Waals surface area contributed by atoms with Gasteiger partial charge >= 0.3 is 0 Å². The van der Waals surface area contributed by atoms with Crippen molar-refractivity contribution < 1.29 is 9.90 Å². The van der Waals surface area contributed by atoms with E-state index in [1.54, 1.807) is 0 Å². The average Bonchev–Trinajstić information content (AvgIpc) is 2.68. The number of allylic oxidation sites excluding steroid dienone is 2. The van der Waals surface area contributed by atoms with E-state index in [1.807, 2.05) is 60.7 Å². The van der Waals surface area contributed by atoms with Gasteiger partial charge in [0.25, 0.3) is 0 Å². The lowest BCUT2D eigenvalue weighted by Crippen LogP contribution is -2.32. The number of carbonyl (C=O) groups excluding carboxylic acids is 1.